The van der Waals surface area contributed by atoms with Gasteiger partial charge >= 0.3 is 0 Å². The highest BCUT2D eigenvalue weighted by atomic mass is 79.9. The Kier molecular flexibility index (Phi) is 4.05. The fraction of sp³-hybridized carbons (Fsp3) is 0.357. The first-order valence-corrected chi connectivity index (χ1v) is 7.35. The average Bonchev–Trinajstić information content (AvgIpc) is 2.88. The Morgan fingerprint density at radius 3 is 2.86 bits per heavy atom. The van der Waals surface area contributed by atoms with Crippen molar-refractivity contribution in [3.8, 4) is 0 Å². The van der Waals surface area contributed by atoms with Crippen molar-refractivity contribution in [3.05, 3.63) is 52.3 Å². The molecule has 3 rings (SSSR count). The number of nitrogens with zero attached hydrogens (tertiary/aromatic N) is 2. The van der Waals surface area contributed by atoms with Crippen molar-refractivity contribution in [3.63, 3.8) is 0 Å². The molecule has 1 aliphatic rings. The van der Waals surface area contributed by atoms with E-state index in [0.29, 0.717) is 13.0 Å². The summed E-state index contributed by atoms with van der Waals surface area (Å²) in [6, 6.07) is 2.88. The predicted octanol–water partition coefficient (Wildman–Crippen LogP) is 2.95. The molecule has 0 spiro atoms. The monoisotopic (exact) mass is 357 g/mol. The lowest BCUT2D eigenvalue weighted by Gasteiger charge is -2.34. The van der Waals surface area contributed by atoms with Crippen LogP contribution in [-0.2, 0) is 4.74 Å². The maximum atomic E-state index is 13.8. The Morgan fingerprint density at radius 2 is 2.19 bits per heavy atom. The average molecular weight is 358 g/mol. The zero-order valence-electron chi connectivity index (χ0n) is 11.0. The molecule has 0 aliphatic carbocycles. The van der Waals surface area contributed by atoms with Crippen LogP contribution in [0.25, 0.3) is 0 Å². The van der Waals surface area contributed by atoms with Crippen LogP contribution in [0.5, 0.6) is 0 Å². The number of halogens is 3. The largest absolute Gasteiger partial charge is 0.370 e. The summed E-state index contributed by atoms with van der Waals surface area (Å²) < 4.78 is 35.4. The van der Waals surface area contributed by atoms with Crippen molar-refractivity contribution in [1.82, 2.24) is 9.78 Å². The number of benzene rings is 1. The van der Waals surface area contributed by atoms with Crippen LogP contribution >= 0.6 is 15.9 Å². The van der Waals surface area contributed by atoms with Gasteiger partial charge in [-0.15, -0.1) is 0 Å². The van der Waals surface area contributed by atoms with Crippen LogP contribution < -0.4 is 5.73 Å². The molecule has 2 heterocycles. The first kappa shape index (κ1) is 14.6. The third-order valence-electron chi connectivity index (χ3n) is 3.61. The minimum atomic E-state index is -0.643. The molecule has 2 N–H and O–H groups in total. The second kappa shape index (κ2) is 5.82. The Labute approximate surface area is 129 Å². The lowest BCUT2D eigenvalue weighted by Crippen LogP contribution is -2.40. The van der Waals surface area contributed by atoms with E-state index in [1.807, 2.05) is 6.20 Å². The maximum absolute atomic E-state index is 13.8. The molecule has 0 radical (unpaired) electrons. The van der Waals surface area contributed by atoms with E-state index >= 15 is 0 Å². The van der Waals surface area contributed by atoms with Gasteiger partial charge in [0.2, 0.25) is 0 Å². The maximum Gasteiger partial charge on any atom is 0.129 e. The second-order valence-electron chi connectivity index (χ2n) is 5.11. The molecule has 0 saturated carbocycles. The van der Waals surface area contributed by atoms with Crippen LogP contribution in [0.15, 0.2) is 35.1 Å². The third-order valence-corrected chi connectivity index (χ3v) is 4.02. The van der Waals surface area contributed by atoms with Crippen LogP contribution in [0.1, 0.15) is 24.1 Å². The molecule has 1 aromatic heterocycles. The molecule has 1 aromatic carbocycles. The summed E-state index contributed by atoms with van der Waals surface area (Å²) in [4.78, 5) is 0. The highest BCUT2D eigenvalue weighted by molar-refractivity contribution is 9.10. The SMILES string of the molecule is N[C@H]1C[C@@H](n2cc(Br)cn2)CO[C@@H]1c1cc(F)ccc1F. The van der Waals surface area contributed by atoms with Gasteiger partial charge in [-0.1, -0.05) is 0 Å². The van der Waals surface area contributed by atoms with Crippen LogP contribution in [-0.4, -0.2) is 22.4 Å². The summed E-state index contributed by atoms with van der Waals surface area (Å²) in [5.41, 5.74) is 6.27. The van der Waals surface area contributed by atoms with Gasteiger partial charge in [0, 0.05) is 17.8 Å². The van der Waals surface area contributed by atoms with Gasteiger partial charge in [0.25, 0.3) is 0 Å². The predicted molar refractivity (Wildman–Crippen MR) is 76.6 cm³/mol. The van der Waals surface area contributed by atoms with E-state index in [-0.39, 0.29) is 11.6 Å². The lowest BCUT2D eigenvalue weighted by atomic mass is 9.94. The Bertz CT molecular complexity index is 649. The van der Waals surface area contributed by atoms with E-state index in [1.165, 1.54) is 0 Å². The Hall–Kier alpha value is -1.31. The minimum Gasteiger partial charge on any atom is -0.370 e. The van der Waals surface area contributed by atoms with Crippen LogP contribution in [0.3, 0.4) is 0 Å². The van der Waals surface area contributed by atoms with E-state index in [2.05, 4.69) is 21.0 Å². The van der Waals surface area contributed by atoms with E-state index in [0.717, 1.165) is 22.7 Å². The third kappa shape index (κ3) is 3.00. The first-order chi connectivity index (χ1) is 10.0. The highest BCUT2D eigenvalue weighted by Gasteiger charge is 2.33. The van der Waals surface area contributed by atoms with Crippen LogP contribution in [0.2, 0.25) is 0 Å². The molecule has 0 amide bonds. The summed E-state index contributed by atoms with van der Waals surface area (Å²) in [7, 11) is 0. The molecule has 1 saturated heterocycles. The van der Waals surface area contributed by atoms with E-state index < -0.39 is 23.8 Å². The zero-order chi connectivity index (χ0) is 15.0. The van der Waals surface area contributed by atoms with Gasteiger partial charge in [0.15, 0.2) is 0 Å². The van der Waals surface area contributed by atoms with Gasteiger partial charge in [0.05, 0.1) is 23.3 Å². The van der Waals surface area contributed by atoms with Crippen molar-refractivity contribution in [2.75, 3.05) is 6.61 Å². The van der Waals surface area contributed by atoms with Gasteiger partial charge in [-0.25, -0.2) is 8.78 Å². The summed E-state index contributed by atoms with van der Waals surface area (Å²) in [6.07, 6.45) is 3.46. The molecule has 4 nitrogen and oxygen atoms in total. The quantitative estimate of drug-likeness (QED) is 0.898. The number of nitrogens with two attached hydrogens (primary N) is 1. The summed E-state index contributed by atoms with van der Waals surface area (Å²) in [5, 5.41) is 4.20. The fourth-order valence-corrected chi connectivity index (χ4v) is 2.90. The first-order valence-electron chi connectivity index (χ1n) is 6.56. The number of rotatable bonds is 2. The summed E-state index contributed by atoms with van der Waals surface area (Å²) in [6.45, 7) is 0.350. The topological polar surface area (TPSA) is 53.1 Å². The van der Waals surface area contributed by atoms with Crippen molar-refractivity contribution in [1.29, 1.82) is 0 Å². The Morgan fingerprint density at radius 1 is 1.38 bits per heavy atom. The smallest absolute Gasteiger partial charge is 0.129 e. The summed E-state index contributed by atoms with van der Waals surface area (Å²) in [5.74, 6) is -1.00. The second-order valence-corrected chi connectivity index (χ2v) is 6.03. The molecule has 0 unspecified atom stereocenters. The fourth-order valence-electron chi connectivity index (χ4n) is 2.60. The molecule has 112 valence electrons. The molecule has 1 aliphatic heterocycles. The van der Waals surface area contributed by atoms with E-state index in [9.17, 15) is 8.78 Å². The van der Waals surface area contributed by atoms with Crippen molar-refractivity contribution >= 4 is 15.9 Å². The highest BCUT2D eigenvalue weighted by Crippen LogP contribution is 2.33. The van der Waals surface area contributed by atoms with E-state index in [4.69, 9.17) is 10.5 Å². The van der Waals surface area contributed by atoms with Crippen molar-refractivity contribution in [2.45, 2.75) is 24.6 Å². The van der Waals surface area contributed by atoms with Gasteiger partial charge in [0.1, 0.15) is 17.7 Å². The lowest BCUT2D eigenvalue weighted by molar-refractivity contribution is -0.0316. The van der Waals surface area contributed by atoms with Crippen molar-refractivity contribution in [2.24, 2.45) is 5.73 Å². The number of ether oxygens (including phenoxy) is 1. The molecule has 3 atom stereocenters. The van der Waals surface area contributed by atoms with Gasteiger partial charge in [-0.2, -0.15) is 5.10 Å². The summed E-state index contributed by atoms with van der Waals surface area (Å²) >= 11 is 3.33. The molecule has 21 heavy (non-hydrogen) atoms. The molecule has 0 bridgehead atoms. The number of aromatic nitrogens is 2. The minimum absolute atomic E-state index is 0.0147. The van der Waals surface area contributed by atoms with Crippen molar-refractivity contribution < 1.29 is 13.5 Å². The number of hydrogen-bond acceptors (Lipinski definition) is 3. The molecule has 7 heteroatoms. The van der Waals surface area contributed by atoms with Gasteiger partial charge < -0.3 is 10.5 Å². The number of hydrogen-bond donors (Lipinski definition) is 1. The van der Waals surface area contributed by atoms with E-state index in [1.54, 1.807) is 10.9 Å². The van der Waals surface area contributed by atoms with Crippen LogP contribution in [0, 0.1) is 11.6 Å². The van der Waals surface area contributed by atoms with Crippen LogP contribution in [0.4, 0.5) is 8.78 Å². The molecule has 1 fully saturated rings. The standard InChI is InChI=1S/C14H14BrF2N3O/c15-8-5-19-20(6-8)10-4-13(18)14(21-7-10)11-3-9(16)1-2-12(11)17/h1-3,5-6,10,13-14H,4,7,18H2/t10-,13+,14-/m1/s1. The molecule has 2 aromatic rings. The molecular weight excluding hydrogens is 344 g/mol. The zero-order valence-corrected chi connectivity index (χ0v) is 12.6. The molecular formula is C14H14BrF2N3O. The normalized spacial score (nSPS) is 26.0. The van der Waals surface area contributed by atoms with Gasteiger partial charge in [-0.3, -0.25) is 4.68 Å². The van der Waals surface area contributed by atoms with Gasteiger partial charge in [-0.05, 0) is 40.5 Å². The Balaban J connectivity index is 1.78.